The number of carbonyl (C=O) groups is 4. The number of nitrogens with one attached hydrogen (secondary N) is 2. The Bertz CT molecular complexity index is 1710. The largest absolute Gasteiger partial charge is 0.321 e. The van der Waals surface area contributed by atoms with Gasteiger partial charge in [-0.3, -0.25) is 19.2 Å². The third-order valence-electron chi connectivity index (χ3n) is 6.44. The molecule has 1 fully saturated rings. The topological polar surface area (TPSA) is 95.6 Å². The highest BCUT2D eigenvalue weighted by Crippen LogP contribution is 2.35. The summed E-state index contributed by atoms with van der Waals surface area (Å²) in [5, 5.41) is 4.97. The molecule has 0 aliphatic carbocycles. The Morgan fingerprint density at radius 1 is 0.860 bits per heavy atom. The van der Waals surface area contributed by atoms with Crippen LogP contribution in [0.4, 0.5) is 11.4 Å². The number of anilines is 2. The number of carbonyl (C=O) groups excluding carboxylic acids is 4. The molecular formula is C34H26IN3O4S. The summed E-state index contributed by atoms with van der Waals surface area (Å²) < 4.78 is 1.01. The predicted molar refractivity (Wildman–Crippen MR) is 178 cm³/mol. The summed E-state index contributed by atoms with van der Waals surface area (Å²) in [4.78, 5) is 54.0. The minimum Gasteiger partial charge on any atom is -0.321 e. The molecule has 4 aromatic carbocycles. The number of hydrogen-bond acceptors (Lipinski definition) is 5. The molecule has 1 aliphatic rings. The van der Waals surface area contributed by atoms with Gasteiger partial charge in [-0.1, -0.05) is 66.7 Å². The number of halogens is 1. The zero-order valence-corrected chi connectivity index (χ0v) is 25.7. The van der Waals surface area contributed by atoms with E-state index in [1.54, 1.807) is 66.7 Å². The smallest absolute Gasteiger partial charge is 0.272 e. The van der Waals surface area contributed by atoms with Gasteiger partial charge in [0.15, 0.2) is 0 Å². The van der Waals surface area contributed by atoms with Gasteiger partial charge in [-0.05, 0) is 88.8 Å². The monoisotopic (exact) mass is 699 g/mol. The van der Waals surface area contributed by atoms with Gasteiger partial charge < -0.3 is 10.6 Å². The molecule has 0 spiro atoms. The van der Waals surface area contributed by atoms with Gasteiger partial charge in [-0.25, -0.2) is 4.90 Å². The molecule has 2 N–H and O–H groups in total. The second-order valence-corrected chi connectivity index (χ2v) is 12.0. The van der Waals surface area contributed by atoms with Crippen LogP contribution in [0.2, 0.25) is 0 Å². The predicted octanol–water partition coefficient (Wildman–Crippen LogP) is 6.68. The molecule has 7 nitrogen and oxygen atoms in total. The van der Waals surface area contributed by atoms with Crippen molar-refractivity contribution >= 4 is 75.4 Å². The van der Waals surface area contributed by atoms with E-state index in [2.05, 4.69) is 33.2 Å². The highest BCUT2D eigenvalue weighted by atomic mass is 127. The van der Waals surface area contributed by atoms with Gasteiger partial charge in [0, 0.05) is 26.1 Å². The maximum atomic E-state index is 13.4. The van der Waals surface area contributed by atoms with Crippen LogP contribution in [-0.2, 0) is 14.4 Å². The maximum Gasteiger partial charge on any atom is 0.272 e. The first-order valence-corrected chi connectivity index (χ1v) is 15.3. The van der Waals surface area contributed by atoms with Crippen molar-refractivity contribution in [2.24, 2.45) is 0 Å². The van der Waals surface area contributed by atoms with E-state index >= 15 is 0 Å². The SMILES string of the molecule is O=C(Nc1cccc(S[C@H]2CC(=O)N(c3ccc(I)cc3)C2=O)c1)/C(=C/C=C\c1ccccc1)NC(=O)c1ccccc1. The molecule has 214 valence electrons. The van der Waals surface area contributed by atoms with Crippen molar-refractivity contribution in [1.29, 1.82) is 0 Å². The molecule has 0 unspecified atom stereocenters. The van der Waals surface area contributed by atoms with E-state index in [4.69, 9.17) is 0 Å². The van der Waals surface area contributed by atoms with E-state index in [1.807, 2.05) is 60.7 Å². The first-order valence-electron chi connectivity index (χ1n) is 13.4. The quantitative estimate of drug-likeness (QED) is 0.0880. The fraction of sp³-hybridized carbons (Fsp3) is 0.0588. The first-order chi connectivity index (χ1) is 20.9. The number of nitrogens with zero attached hydrogens (tertiary/aromatic N) is 1. The normalized spacial score (nSPS) is 15.1. The second-order valence-electron chi connectivity index (χ2n) is 9.51. The third kappa shape index (κ3) is 7.88. The van der Waals surface area contributed by atoms with E-state index in [0.717, 1.165) is 14.0 Å². The minimum atomic E-state index is -0.582. The average molecular weight is 700 g/mol. The number of rotatable bonds is 9. The van der Waals surface area contributed by atoms with Crippen LogP contribution >= 0.6 is 34.4 Å². The van der Waals surface area contributed by atoms with Crippen LogP contribution in [0.3, 0.4) is 0 Å². The Labute approximate surface area is 267 Å². The van der Waals surface area contributed by atoms with E-state index in [1.165, 1.54) is 16.7 Å². The summed E-state index contributed by atoms with van der Waals surface area (Å²) in [6.07, 6.45) is 5.16. The van der Waals surface area contributed by atoms with Crippen LogP contribution in [0, 0.1) is 3.57 Å². The van der Waals surface area contributed by atoms with Gasteiger partial charge >= 0.3 is 0 Å². The van der Waals surface area contributed by atoms with Gasteiger partial charge in [0.2, 0.25) is 11.8 Å². The third-order valence-corrected chi connectivity index (χ3v) is 8.34. The lowest BCUT2D eigenvalue weighted by molar-refractivity contribution is -0.121. The summed E-state index contributed by atoms with van der Waals surface area (Å²) in [7, 11) is 0. The summed E-state index contributed by atoms with van der Waals surface area (Å²) in [6, 6.07) is 32.5. The van der Waals surface area contributed by atoms with Gasteiger partial charge in [-0.2, -0.15) is 0 Å². The van der Waals surface area contributed by atoms with Crippen molar-refractivity contribution in [2.75, 3.05) is 10.2 Å². The van der Waals surface area contributed by atoms with Gasteiger partial charge in [-0.15, -0.1) is 11.8 Å². The Morgan fingerprint density at radius 2 is 1.56 bits per heavy atom. The molecule has 1 aliphatic heterocycles. The Kier molecular flexibility index (Phi) is 9.85. The average Bonchev–Trinajstić information content (AvgIpc) is 3.30. The molecule has 0 radical (unpaired) electrons. The molecule has 4 aromatic rings. The minimum absolute atomic E-state index is 0.0591. The number of allylic oxidation sites excluding steroid dienone is 2. The fourth-order valence-electron chi connectivity index (χ4n) is 4.35. The Hall–Kier alpha value is -4.48. The number of hydrogen-bond donors (Lipinski definition) is 2. The van der Waals surface area contributed by atoms with E-state index in [-0.39, 0.29) is 23.9 Å². The van der Waals surface area contributed by atoms with Crippen LogP contribution in [0.15, 0.2) is 132 Å². The van der Waals surface area contributed by atoms with Gasteiger partial charge in [0.05, 0.1) is 10.9 Å². The number of benzene rings is 4. The number of amides is 4. The lowest BCUT2D eigenvalue weighted by Gasteiger charge is -2.15. The molecule has 43 heavy (non-hydrogen) atoms. The van der Waals surface area contributed by atoms with E-state index in [0.29, 0.717) is 16.9 Å². The highest BCUT2D eigenvalue weighted by Gasteiger charge is 2.40. The van der Waals surface area contributed by atoms with Crippen LogP contribution in [0.25, 0.3) is 6.08 Å². The number of imide groups is 1. The van der Waals surface area contributed by atoms with E-state index in [9.17, 15) is 19.2 Å². The van der Waals surface area contributed by atoms with Crippen molar-refractivity contribution < 1.29 is 19.2 Å². The van der Waals surface area contributed by atoms with Crippen molar-refractivity contribution in [3.63, 3.8) is 0 Å². The molecule has 1 atom stereocenters. The highest BCUT2D eigenvalue weighted by molar-refractivity contribution is 14.1. The van der Waals surface area contributed by atoms with Crippen molar-refractivity contribution in [3.05, 3.63) is 142 Å². The van der Waals surface area contributed by atoms with E-state index < -0.39 is 17.1 Å². The molecule has 1 heterocycles. The zero-order chi connectivity index (χ0) is 30.2. The maximum absolute atomic E-state index is 13.4. The summed E-state index contributed by atoms with van der Waals surface area (Å²) >= 11 is 3.44. The Morgan fingerprint density at radius 3 is 2.28 bits per heavy atom. The molecule has 9 heteroatoms. The Balaban J connectivity index is 1.30. The summed E-state index contributed by atoms with van der Waals surface area (Å²) in [6.45, 7) is 0. The molecule has 5 rings (SSSR count). The van der Waals surface area contributed by atoms with Gasteiger partial charge in [0.25, 0.3) is 11.8 Å². The summed E-state index contributed by atoms with van der Waals surface area (Å²) in [5.74, 6) is -1.45. The zero-order valence-electron chi connectivity index (χ0n) is 22.8. The standard InChI is InChI=1S/C34H26IN3O4S/c35-25-17-19-27(20-18-25)38-31(39)22-30(34(38)42)43-28-15-8-14-26(21-28)36-33(41)29(16-7-11-23-9-3-1-4-10-23)37-32(40)24-12-5-2-6-13-24/h1-21,30H,22H2,(H,36,41)(H,37,40)/b11-7-,29-16-/t30-/m0/s1. The van der Waals surface area contributed by atoms with Crippen LogP contribution < -0.4 is 15.5 Å². The molecular weight excluding hydrogens is 673 g/mol. The van der Waals surface area contributed by atoms with Crippen molar-refractivity contribution in [1.82, 2.24) is 5.32 Å². The second kappa shape index (κ2) is 14.1. The lowest BCUT2D eigenvalue weighted by Crippen LogP contribution is -2.31. The summed E-state index contributed by atoms with van der Waals surface area (Å²) in [5.41, 5.74) is 2.45. The molecule has 0 saturated carbocycles. The molecule has 4 amide bonds. The fourth-order valence-corrected chi connectivity index (χ4v) is 5.82. The van der Waals surface area contributed by atoms with Crippen molar-refractivity contribution in [2.45, 2.75) is 16.6 Å². The van der Waals surface area contributed by atoms with Crippen molar-refractivity contribution in [3.8, 4) is 0 Å². The molecule has 0 aromatic heterocycles. The first kappa shape index (κ1) is 30.0. The molecule has 1 saturated heterocycles. The lowest BCUT2D eigenvalue weighted by atomic mass is 10.2. The number of thioether (sulfide) groups is 1. The van der Waals surface area contributed by atoms with Crippen LogP contribution in [-0.4, -0.2) is 28.9 Å². The molecule has 0 bridgehead atoms. The van der Waals surface area contributed by atoms with Gasteiger partial charge in [0.1, 0.15) is 5.70 Å². The van der Waals surface area contributed by atoms with Crippen LogP contribution in [0.5, 0.6) is 0 Å². The van der Waals surface area contributed by atoms with Crippen LogP contribution in [0.1, 0.15) is 22.3 Å².